The zero-order valence-corrected chi connectivity index (χ0v) is 12.7. The normalized spacial score (nSPS) is 14.8. The van der Waals surface area contributed by atoms with Gasteiger partial charge in [-0.1, -0.05) is 33.8 Å². The highest BCUT2D eigenvalue weighted by molar-refractivity contribution is 5.21. The minimum atomic E-state index is -0.925. The Balaban J connectivity index is 2.77. The third-order valence-electron chi connectivity index (χ3n) is 3.45. The van der Waals surface area contributed by atoms with Crippen molar-refractivity contribution >= 4 is 0 Å². The summed E-state index contributed by atoms with van der Waals surface area (Å²) in [5, 5.41) is 13.7. The Kier molecular flexibility index (Phi) is 6.56. The summed E-state index contributed by atoms with van der Waals surface area (Å²) in [6.07, 6.45) is 0.158. The Morgan fingerprint density at radius 1 is 1.10 bits per heavy atom. The minimum Gasteiger partial charge on any atom is -0.387 e. The SMILES string of the molecule is CC(C)CCNC(C(C)C)C(O)c1ccc(F)c(F)c1. The van der Waals surface area contributed by atoms with Gasteiger partial charge in [0.2, 0.25) is 0 Å². The van der Waals surface area contributed by atoms with Crippen LogP contribution in [0.5, 0.6) is 0 Å². The molecule has 0 radical (unpaired) electrons. The van der Waals surface area contributed by atoms with Gasteiger partial charge in [-0.05, 0) is 42.5 Å². The van der Waals surface area contributed by atoms with Gasteiger partial charge in [0.25, 0.3) is 0 Å². The summed E-state index contributed by atoms with van der Waals surface area (Å²) in [7, 11) is 0. The first kappa shape index (κ1) is 17.1. The molecule has 1 aromatic rings. The highest BCUT2D eigenvalue weighted by Gasteiger charge is 2.24. The van der Waals surface area contributed by atoms with Gasteiger partial charge < -0.3 is 10.4 Å². The second kappa shape index (κ2) is 7.70. The highest BCUT2D eigenvalue weighted by atomic mass is 19.2. The van der Waals surface area contributed by atoms with Crippen LogP contribution in [0.3, 0.4) is 0 Å². The van der Waals surface area contributed by atoms with Crippen LogP contribution in [0.25, 0.3) is 0 Å². The van der Waals surface area contributed by atoms with Gasteiger partial charge in [0.05, 0.1) is 6.10 Å². The van der Waals surface area contributed by atoms with E-state index in [1.165, 1.54) is 6.07 Å². The number of hydrogen-bond donors (Lipinski definition) is 2. The average Bonchev–Trinajstić information content (AvgIpc) is 2.36. The highest BCUT2D eigenvalue weighted by Crippen LogP contribution is 2.23. The molecule has 0 bridgehead atoms. The van der Waals surface area contributed by atoms with E-state index in [1.807, 2.05) is 13.8 Å². The third kappa shape index (κ3) is 4.84. The summed E-state index contributed by atoms with van der Waals surface area (Å²) in [5.41, 5.74) is 0.402. The Bertz CT molecular complexity index is 421. The molecule has 1 aromatic carbocycles. The van der Waals surface area contributed by atoms with Gasteiger partial charge in [-0.15, -0.1) is 0 Å². The molecule has 0 heterocycles. The van der Waals surface area contributed by atoms with Gasteiger partial charge in [0.1, 0.15) is 0 Å². The molecular weight excluding hydrogens is 260 g/mol. The Labute approximate surface area is 120 Å². The van der Waals surface area contributed by atoms with E-state index < -0.39 is 17.7 Å². The van der Waals surface area contributed by atoms with Gasteiger partial charge >= 0.3 is 0 Å². The first-order valence-electron chi connectivity index (χ1n) is 7.19. The monoisotopic (exact) mass is 285 g/mol. The van der Waals surface area contributed by atoms with E-state index in [2.05, 4.69) is 19.2 Å². The quantitative estimate of drug-likeness (QED) is 0.801. The zero-order valence-electron chi connectivity index (χ0n) is 12.7. The lowest BCUT2D eigenvalue weighted by atomic mass is 9.93. The molecule has 0 saturated heterocycles. The number of hydrogen-bond acceptors (Lipinski definition) is 2. The van der Waals surface area contributed by atoms with Crippen LogP contribution in [0.15, 0.2) is 18.2 Å². The largest absolute Gasteiger partial charge is 0.387 e. The predicted molar refractivity (Wildman–Crippen MR) is 77.4 cm³/mol. The van der Waals surface area contributed by atoms with E-state index >= 15 is 0 Å². The molecule has 1 rings (SSSR count). The number of nitrogens with one attached hydrogen (secondary N) is 1. The molecular formula is C16H25F2NO. The first-order chi connectivity index (χ1) is 9.32. The van der Waals surface area contributed by atoms with Crippen molar-refractivity contribution in [2.45, 2.75) is 46.3 Å². The molecule has 0 aliphatic heterocycles. The maximum atomic E-state index is 13.3. The molecule has 0 aliphatic rings. The maximum Gasteiger partial charge on any atom is 0.159 e. The van der Waals surface area contributed by atoms with E-state index in [0.29, 0.717) is 11.5 Å². The van der Waals surface area contributed by atoms with E-state index in [4.69, 9.17) is 0 Å². The summed E-state index contributed by atoms with van der Waals surface area (Å²) in [6.45, 7) is 9.06. The van der Waals surface area contributed by atoms with Crippen molar-refractivity contribution in [3.63, 3.8) is 0 Å². The van der Waals surface area contributed by atoms with Crippen LogP contribution in [0.4, 0.5) is 8.78 Å². The van der Waals surface area contributed by atoms with Crippen LogP contribution in [-0.2, 0) is 0 Å². The van der Waals surface area contributed by atoms with Crippen LogP contribution in [0.1, 0.15) is 45.8 Å². The van der Waals surface area contributed by atoms with Crippen LogP contribution >= 0.6 is 0 Å². The second-order valence-electron chi connectivity index (χ2n) is 6.02. The Morgan fingerprint density at radius 3 is 2.25 bits per heavy atom. The zero-order chi connectivity index (χ0) is 15.3. The van der Waals surface area contributed by atoms with E-state index in [9.17, 15) is 13.9 Å². The van der Waals surface area contributed by atoms with Crippen LogP contribution in [0, 0.1) is 23.5 Å². The Morgan fingerprint density at radius 2 is 1.75 bits per heavy atom. The summed E-state index contributed by atoms with van der Waals surface area (Å²) >= 11 is 0. The summed E-state index contributed by atoms with van der Waals surface area (Å²) in [4.78, 5) is 0. The topological polar surface area (TPSA) is 32.3 Å². The molecule has 114 valence electrons. The van der Waals surface area contributed by atoms with Crippen molar-refractivity contribution < 1.29 is 13.9 Å². The molecule has 2 atom stereocenters. The molecule has 0 spiro atoms. The minimum absolute atomic E-state index is 0.182. The number of aliphatic hydroxyl groups is 1. The van der Waals surface area contributed by atoms with Gasteiger partial charge in [0, 0.05) is 6.04 Å². The second-order valence-corrected chi connectivity index (χ2v) is 6.02. The van der Waals surface area contributed by atoms with Crippen molar-refractivity contribution in [1.82, 2.24) is 5.32 Å². The molecule has 2 unspecified atom stereocenters. The van der Waals surface area contributed by atoms with Crippen LogP contribution < -0.4 is 5.32 Å². The molecule has 2 N–H and O–H groups in total. The molecule has 0 amide bonds. The van der Waals surface area contributed by atoms with Gasteiger partial charge in [-0.3, -0.25) is 0 Å². The molecule has 0 fully saturated rings. The lowest BCUT2D eigenvalue weighted by Crippen LogP contribution is -2.40. The standard InChI is InChI=1S/C16H25F2NO/c1-10(2)7-8-19-15(11(3)4)16(20)12-5-6-13(17)14(18)9-12/h5-6,9-11,15-16,19-20H,7-8H2,1-4H3. The van der Waals surface area contributed by atoms with E-state index in [0.717, 1.165) is 25.1 Å². The van der Waals surface area contributed by atoms with Crippen molar-refractivity contribution in [1.29, 1.82) is 0 Å². The fourth-order valence-corrected chi connectivity index (χ4v) is 2.15. The van der Waals surface area contributed by atoms with E-state index in [-0.39, 0.29) is 12.0 Å². The molecule has 0 aliphatic carbocycles. The maximum absolute atomic E-state index is 13.3. The van der Waals surface area contributed by atoms with Crippen LogP contribution in [-0.4, -0.2) is 17.7 Å². The Hall–Kier alpha value is -1.00. The average molecular weight is 285 g/mol. The summed E-state index contributed by atoms with van der Waals surface area (Å²) in [6, 6.07) is 3.38. The number of aliphatic hydroxyl groups excluding tert-OH is 1. The van der Waals surface area contributed by atoms with E-state index in [1.54, 1.807) is 0 Å². The van der Waals surface area contributed by atoms with Gasteiger partial charge in [-0.25, -0.2) is 8.78 Å². The van der Waals surface area contributed by atoms with Gasteiger partial charge in [-0.2, -0.15) is 0 Å². The first-order valence-corrected chi connectivity index (χ1v) is 7.19. The van der Waals surface area contributed by atoms with Crippen LogP contribution in [0.2, 0.25) is 0 Å². The molecule has 4 heteroatoms. The van der Waals surface area contributed by atoms with Crippen molar-refractivity contribution in [3.8, 4) is 0 Å². The van der Waals surface area contributed by atoms with Crippen molar-refractivity contribution in [2.24, 2.45) is 11.8 Å². The fourth-order valence-electron chi connectivity index (χ4n) is 2.15. The molecule has 20 heavy (non-hydrogen) atoms. The van der Waals surface area contributed by atoms with Crippen molar-refractivity contribution in [2.75, 3.05) is 6.54 Å². The molecule has 0 aromatic heterocycles. The number of benzene rings is 1. The lowest BCUT2D eigenvalue weighted by Gasteiger charge is -2.28. The number of halogens is 2. The summed E-state index contributed by atoms with van der Waals surface area (Å²) < 4.78 is 26.2. The lowest BCUT2D eigenvalue weighted by molar-refractivity contribution is 0.104. The third-order valence-corrected chi connectivity index (χ3v) is 3.45. The summed E-state index contributed by atoms with van der Waals surface area (Å²) in [5.74, 6) is -1.05. The smallest absolute Gasteiger partial charge is 0.159 e. The van der Waals surface area contributed by atoms with Crippen molar-refractivity contribution in [3.05, 3.63) is 35.4 Å². The van der Waals surface area contributed by atoms with Gasteiger partial charge in [0.15, 0.2) is 11.6 Å². The fraction of sp³-hybridized carbons (Fsp3) is 0.625. The molecule has 0 saturated carbocycles. The molecule has 2 nitrogen and oxygen atoms in total. The predicted octanol–water partition coefficient (Wildman–Crippen LogP) is 3.66. The number of rotatable bonds is 7.